The van der Waals surface area contributed by atoms with E-state index in [1.807, 2.05) is 0 Å². The predicted octanol–water partition coefficient (Wildman–Crippen LogP) is 2.89. The Morgan fingerprint density at radius 2 is 2.00 bits per heavy atom. The molecule has 1 saturated heterocycles. The van der Waals surface area contributed by atoms with Gasteiger partial charge in [0.15, 0.2) is 0 Å². The van der Waals surface area contributed by atoms with Crippen molar-refractivity contribution in [3.8, 4) is 0 Å². The molecule has 0 saturated carbocycles. The van der Waals surface area contributed by atoms with Gasteiger partial charge in [-0.2, -0.15) is 0 Å². The van der Waals surface area contributed by atoms with Gasteiger partial charge in [-0.1, -0.05) is 37.3 Å². The van der Waals surface area contributed by atoms with Crippen LogP contribution in [0, 0.1) is 5.92 Å². The summed E-state index contributed by atoms with van der Waals surface area (Å²) in [6.07, 6.45) is 2.10. The highest BCUT2D eigenvalue weighted by atomic mass is 16.5. The van der Waals surface area contributed by atoms with Crippen molar-refractivity contribution in [2.24, 2.45) is 5.92 Å². The fraction of sp³-hybridized carbons (Fsp3) is 0.588. The Bertz CT molecular complexity index is 432. The van der Waals surface area contributed by atoms with Gasteiger partial charge >= 0.3 is 5.97 Å². The molecule has 0 unspecified atom stereocenters. The van der Waals surface area contributed by atoms with Gasteiger partial charge in [-0.25, -0.2) is 0 Å². The molecule has 1 aromatic rings. The lowest BCUT2D eigenvalue weighted by Gasteiger charge is -2.42. The van der Waals surface area contributed by atoms with Gasteiger partial charge in [-0.3, -0.25) is 9.69 Å². The molecule has 0 aromatic heterocycles. The zero-order valence-electron chi connectivity index (χ0n) is 12.7. The molecule has 0 bridgehead atoms. The molecule has 0 N–H and O–H groups in total. The van der Waals surface area contributed by atoms with Gasteiger partial charge in [0, 0.05) is 32.0 Å². The molecule has 0 aliphatic carbocycles. The monoisotopic (exact) mass is 275 g/mol. The van der Waals surface area contributed by atoms with Crippen LogP contribution in [0.1, 0.15) is 32.8 Å². The molecule has 3 atom stereocenters. The normalized spacial score (nSPS) is 27.2. The van der Waals surface area contributed by atoms with E-state index >= 15 is 0 Å². The van der Waals surface area contributed by atoms with Crippen molar-refractivity contribution in [3.63, 3.8) is 0 Å². The van der Waals surface area contributed by atoms with E-state index in [2.05, 4.69) is 49.1 Å². The summed E-state index contributed by atoms with van der Waals surface area (Å²) in [7, 11) is 0. The summed E-state index contributed by atoms with van der Waals surface area (Å²) in [5.74, 6) is 0.232. The lowest BCUT2D eigenvalue weighted by Crippen LogP contribution is -2.50. The highest BCUT2D eigenvalue weighted by Crippen LogP contribution is 2.26. The van der Waals surface area contributed by atoms with Crippen molar-refractivity contribution < 1.29 is 9.53 Å². The third kappa shape index (κ3) is 3.83. The van der Waals surface area contributed by atoms with Gasteiger partial charge in [-0.05, 0) is 25.3 Å². The van der Waals surface area contributed by atoms with Crippen molar-refractivity contribution in [3.05, 3.63) is 35.9 Å². The third-order valence-corrected chi connectivity index (χ3v) is 4.47. The molecule has 1 aliphatic rings. The minimum atomic E-state index is -0.160. The first kappa shape index (κ1) is 15.0. The second-order valence-corrected chi connectivity index (χ2v) is 5.81. The number of nitrogens with zero attached hydrogens (tertiary/aromatic N) is 1. The van der Waals surface area contributed by atoms with Crippen LogP contribution in [0.25, 0.3) is 0 Å². The summed E-state index contributed by atoms with van der Waals surface area (Å²) in [5, 5.41) is 0. The molecule has 20 heavy (non-hydrogen) atoms. The van der Waals surface area contributed by atoms with E-state index in [-0.39, 0.29) is 12.1 Å². The van der Waals surface area contributed by atoms with E-state index in [9.17, 15) is 4.79 Å². The van der Waals surface area contributed by atoms with Crippen molar-refractivity contribution >= 4 is 5.97 Å². The van der Waals surface area contributed by atoms with Gasteiger partial charge in [-0.15, -0.1) is 0 Å². The Balaban J connectivity index is 1.87. The smallest absolute Gasteiger partial charge is 0.302 e. The van der Waals surface area contributed by atoms with Crippen LogP contribution in [-0.2, 0) is 16.0 Å². The van der Waals surface area contributed by atoms with Crippen LogP contribution in [-0.4, -0.2) is 36.1 Å². The number of hydrogen-bond acceptors (Lipinski definition) is 3. The average Bonchev–Trinajstić information content (AvgIpc) is 2.44. The first-order chi connectivity index (χ1) is 9.58. The summed E-state index contributed by atoms with van der Waals surface area (Å²) in [4.78, 5) is 13.6. The highest BCUT2D eigenvalue weighted by molar-refractivity contribution is 5.66. The maximum absolute atomic E-state index is 11.1. The molecule has 2 rings (SSSR count). The molecule has 0 spiro atoms. The molecular weight excluding hydrogens is 250 g/mol. The molecule has 110 valence electrons. The van der Waals surface area contributed by atoms with Crippen LogP contribution in [0.5, 0.6) is 0 Å². The van der Waals surface area contributed by atoms with Gasteiger partial charge in [0.25, 0.3) is 0 Å². The minimum absolute atomic E-state index is 0.0791. The van der Waals surface area contributed by atoms with Gasteiger partial charge in [0.2, 0.25) is 0 Å². The van der Waals surface area contributed by atoms with Crippen molar-refractivity contribution in [1.29, 1.82) is 0 Å². The summed E-state index contributed by atoms with van der Waals surface area (Å²) in [6.45, 7) is 8.01. The Kier molecular flexibility index (Phi) is 5.18. The summed E-state index contributed by atoms with van der Waals surface area (Å²) in [6, 6.07) is 11.1. The average molecular weight is 275 g/mol. The topological polar surface area (TPSA) is 29.5 Å². The molecular formula is C17H25NO2. The van der Waals surface area contributed by atoms with E-state index in [0.717, 1.165) is 25.9 Å². The molecule has 3 heteroatoms. The van der Waals surface area contributed by atoms with Gasteiger partial charge < -0.3 is 4.74 Å². The summed E-state index contributed by atoms with van der Waals surface area (Å²) < 4.78 is 5.42. The number of benzene rings is 1. The number of ether oxygens (including phenoxy) is 1. The van der Waals surface area contributed by atoms with Gasteiger partial charge in [0.1, 0.15) is 6.10 Å². The lowest BCUT2D eigenvalue weighted by molar-refractivity contribution is -0.153. The number of piperidine rings is 1. The van der Waals surface area contributed by atoms with Crippen molar-refractivity contribution in [1.82, 2.24) is 4.90 Å². The minimum Gasteiger partial charge on any atom is -0.462 e. The second kappa shape index (κ2) is 6.89. The van der Waals surface area contributed by atoms with Crippen molar-refractivity contribution in [2.75, 3.05) is 13.1 Å². The lowest BCUT2D eigenvalue weighted by atomic mass is 9.88. The largest absolute Gasteiger partial charge is 0.462 e. The van der Waals surface area contributed by atoms with Crippen LogP contribution in [0.3, 0.4) is 0 Å². The first-order valence-corrected chi connectivity index (χ1v) is 7.53. The number of esters is 1. The fourth-order valence-corrected chi connectivity index (χ4v) is 3.02. The van der Waals surface area contributed by atoms with E-state index in [1.165, 1.54) is 12.5 Å². The molecule has 1 aromatic carbocycles. The van der Waals surface area contributed by atoms with E-state index < -0.39 is 0 Å². The zero-order valence-corrected chi connectivity index (χ0v) is 12.7. The SMILES string of the molecule is CC(=O)O[C@@H]1CCN(CCc2ccccc2)[C@H](C)[C@@H]1C. The predicted molar refractivity (Wildman–Crippen MR) is 80.5 cm³/mol. The Morgan fingerprint density at radius 1 is 1.30 bits per heavy atom. The Morgan fingerprint density at radius 3 is 2.65 bits per heavy atom. The van der Waals surface area contributed by atoms with E-state index in [4.69, 9.17) is 4.74 Å². The molecule has 3 nitrogen and oxygen atoms in total. The van der Waals surface area contributed by atoms with Crippen LogP contribution in [0.4, 0.5) is 0 Å². The zero-order chi connectivity index (χ0) is 14.5. The standard InChI is InChI=1S/C17H25NO2/c1-13-14(2)18(12-10-17(13)20-15(3)19)11-9-16-7-5-4-6-8-16/h4-8,13-14,17H,9-12H2,1-3H3/t13-,14+,17+/m0/s1. The van der Waals surface area contributed by atoms with Crippen LogP contribution >= 0.6 is 0 Å². The Hall–Kier alpha value is -1.35. The molecule has 1 fully saturated rings. The molecule has 1 heterocycles. The molecule has 0 amide bonds. The number of hydrogen-bond donors (Lipinski definition) is 0. The van der Waals surface area contributed by atoms with Crippen LogP contribution < -0.4 is 0 Å². The maximum atomic E-state index is 11.1. The summed E-state index contributed by atoms with van der Waals surface area (Å²) >= 11 is 0. The third-order valence-electron chi connectivity index (χ3n) is 4.47. The van der Waals surface area contributed by atoms with E-state index in [1.54, 1.807) is 0 Å². The van der Waals surface area contributed by atoms with Gasteiger partial charge in [0.05, 0.1) is 0 Å². The fourth-order valence-electron chi connectivity index (χ4n) is 3.02. The van der Waals surface area contributed by atoms with E-state index in [0.29, 0.717) is 12.0 Å². The number of carbonyl (C=O) groups excluding carboxylic acids is 1. The number of likely N-dealkylation sites (tertiary alicyclic amines) is 1. The molecule has 1 aliphatic heterocycles. The molecule has 0 radical (unpaired) electrons. The van der Waals surface area contributed by atoms with Crippen molar-refractivity contribution in [2.45, 2.75) is 45.8 Å². The van der Waals surface area contributed by atoms with Crippen LogP contribution in [0.2, 0.25) is 0 Å². The Labute approximate surface area is 121 Å². The first-order valence-electron chi connectivity index (χ1n) is 7.53. The van der Waals surface area contributed by atoms with Crippen LogP contribution in [0.15, 0.2) is 30.3 Å². The summed E-state index contributed by atoms with van der Waals surface area (Å²) in [5.41, 5.74) is 1.38. The number of rotatable bonds is 4. The second-order valence-electron chi connectivity index (χ2n) is 5.81. The number of carbonyl (C=O) groups is 1. The quantitative estimate of drug-likeness (QED) is 0.791. The highest BCUT2D eigenvalue weighted by Gasteiger charge is 2.33. The maximum Gasteiger partial charge on any atom is 0.302 e.